The van der Waals surface area contributed by atoms with Gasteiger partial charge in [0.05, 0.1) is 19.4 Å². The molecule has 3 nitrogen and oxygen atoms in total. The molecule has 0 amide bonds. The Labute approximate surface area is 48.9 Å². The van der Waals surface area contributed by atoms with E-state index in [9.17, 15) is 0 Å². The number of hydrogen-bond donors (Lipinski definition) is 1. The molecule has 1 heterocycles. The first-order valence-corrected chi connectivity index (χ1v) is 2.74. The second-order valence-corrected chi connectivity index (χ2v) is 2.14. The number of rotatable bonds is 1. The van der Waals surface area contributed by atoms with E-state index < -0.39 is 0 Å². The third-order valence-corrected chi connectivity index (χ3v) is 1.25. The molecule has 8 heavy (non-hydrogen) atoms. The Morgan fingerprint density at radius 1 is 1.88 bits per heavy atom. The minimum atomic E-state index is 0.0556. The molecule has 1 saturated heterocycles. The zero-order chi connectivity index (χ0) is 5.98. The van der Waals surface area contributed by atoms with Crippen LogP contribution in [0.25, 0.3) is 0 Å². The van der Waals surface area contributed by atoms with Crippen molar-refractivity contribution in [3.8, 4) is 0 Å². The second kappa shape index (κ2) is 2.44. The van der Waals surface area contributed by atoms with Gasteiger partial charge in [0.2, 0.25) is 0 Å². The van der Waals surface area contributed by atoms with Crippen LogP contribution in [0.15, 0.2) is 0 Å². The highest BCUT2D eigenvalue weighted by molar-refractivity contribution is 4.65. The molecule has 0 radical (unpaired) electrons. The summed E-state index contributed by atoms with van der Waals surface area (Å²) in [7, 11) is 1.97. The Hall–Kier alpha value is -0.120. The Morgan fingerprint density at radius 3 is 2.88 bits per heavy atom. The molecule has 0 aromatic carbocycles. The van der Waals surface area contributed by atoms with Gasteiger partial charge in [-0.25, -0.2) is 0 Å². The van der Waals surface area contributed by atoms with Gasteiger partial charge in [0.1, 0.15) is 0 Å². The van der Waals surface area contributed by atoms with Crippen molar-refractivity contribution in [2.24, 2.45) is 0 Å². The van der Waals surface area contributed by atoms with Crippen LogP contribution in [0.3, 0.4) is 0 Å². The van der Waals surface area contributed by atoms with Gasteiger partial charge in [-0.3, -0.25) is 4.90 Å². The van der Waals surface area contributed by atoms with Crippen molar-refractivity contribution in [3.63, 3.8) is 0 Å². The number of hydrogen-bond acceptors (Lipinski definition) is 3. The summed E-state index contributed by atoms with van der Waals surface area (Å²) in [5.74, 6) is 0. The first-order valence-electron chi connectivity index (χ1n) is 2.74. The Balaban J connectivity index is 2.22. The molecule has 3 heteroatoms. The van der Waals surface area contributed by atoms with Crippen molar-refractivity contribution >= 4 is 0 Å². The largest absolute Gasteiger partial charge is 0.394 e. The predicted octanol–water partition coefficient (Wildman–Crippen LogP) is -0.733. The van der Waals surface area contributed by atoms with Crippen LogP contribution in [0.1, 0.15) is 0 Å². The van der Waals surface area contributed by atoms with Crippen LogP contribution in [-0.4, -0.2) is 43.0 Å². The van der Waals surface area contributed by atoms with E-state index in [4.69, 9.17) is 9.84 Å². The van der Waals surface area contributed by atoms with E-state index >= 15 is 0 Å². The SMILES string of the molecule is CN1COC(CO)C1. The van der Waals surface area contributed by atoms with Gasteiger partial charge in [-0.15, -0.1) is 0 Å². The predicted molar refractivity (Wildman–Crippen MR) is 29.5 cm³/mol. The highest BCUT2D eigenvalue weighted by atomic mass is 16.5. The number of likely N-dealkylation sites (N-methyl/N-ethyl adjacent to an activating group) is 1. The van der Waals surface area contributed by atoms with Crippen molar-refractivity contribution in [2.75, 3.05) is 26.9 Å². The number of ether oxygens (including phenoxy) is 1. The molecule has 1 atom stereocenters. The van der Waals surface area contributed by atoms with Crippen LogP contribution in [0.5, 0.6) is 0 Å². The highest BCUT2D eigenvalue weighted by Gasteiger charge is 2.17. The minimum absolute atomic E-state index is 0.0556. The molecule has 1 aliphatic heterocycles. The summed E-state index contributed by atoms with van der Waals surface area (Å²) < 4.78 is 5.09. The summed E-state index contributed by atoms with van der Waals surface area (Å²) in [5.41, 5.74) is 0. The van der Waals surface area contributed by atoms with Gasteiger partial charge in [0.25, 0.3) is 0 Å². The summed E-state index contributed by atoms with van der Waals surface area (Å²) in [4.78, 5) is 2.03. The molecule has 0 saturated carbocycles. The summed E-state index contributed by atoms with van der Waals surface area (Å²) >= 11 is 0. The topological polar surface area (TPSA) is 32.7 Å². The molecular weight excluding hydrogens is 106 g/mol. The zero-order valence-electron chi connectivity index (χ0n) is 5.00. The van der Waals surface area contributed by atoms with E-state index in [1.807, 2.05) is 11.9 Å². The molecule has 1 unspecified atom stereocenters. The maximum absolute atomic E-state index is 8.53. The second-order valence-electron chi connectivity index (χ2n) is 2.14. The van der Waals surface area contributed by atoms with Crippen molar-refractivity contribution in [3.05, 3.63) is 0 Å². The number of nitrogens with zero attached hydrogens (tertiary/aromatic N) is 1. The van der Waals surface area contributed by atoms with Crippen LogP contribution in [0, 0.1) is 0 Å². The van der Waals surface area contributed by atoms with Crippen LogP contribution < -0.4 is 0 Å². The van der Waals surface area contributed by atoms with E-state index in [-0.39, 0.29) is 12.7 Å². The van der Waals surface area contributed by atoms with Gasteiger partial charge in [-0.1, -0.05) is 0 Å². The van der Waals surface area contributed by atoms with Crippen LogP contribution >= 0.6 is 0 Å². The van der Waals surface area contributed by atoms with Crippen LogP contribution in [-0.2, 0) is 4.74 Å². The van der Waals surface area contributed by atoms with Gasteiger partial charge in [-0.05, 0) is 7.05 Å². The highest BCUT2D eigenvalue weighted by Crippen LogP contribution is 2.02. The van der Waals surface area contributed by atoms with Crippen molar-refractivity contribution in [1.82, 2.24) is 4.90 Å². The number of aliphatic hydroxyl groups excluding tert-OH is 1. The van der Waals surface area contributed by atoms with Gasteiger partial charge in [0, 0.05) is 6.54 Å². The lowest BCUT2D eigenvalue weighted by atomic mass is 10.4. The van der Waals surface area contributed by atoms with Gasteiger partial charge in [0.15, 0.2) is 0 Å². The monoisotopic (exact) mass is 117 g/mol. The zero-order valence-corrected chi connectivity index (χ0v) is 5.00. The summed E-state index contributed by atoms with van der Waals surface area (Å²) in [6.07, 6.45) is 0.0556. The molecule has 0 aliphatic carbocycles. The molecular formula is C5H11NO2. The van der Waals surface area contributed by atoms with Crippen molar-refractivity contribution < 1.29 is 9.84 Å². The van der Waals surface area contributed by atoms with Crippen molar-refractivity contribution in [2.45, 2.75) is 6.10 Å². The van der Waals surface area contributed by atoms with Gasteiger partial charge < -0.3 is 9.84 Å². The Bertz CT molecular complexity index is 76.8. The lowest BCUT2D eigenvalue weighted by molar-refractivity contribution is 0.0546. The molecule has 0 bridgehead atoms. The summed E-state index contributed by atoms with van der Waals surface area (Å²) in [6, 6.07) is 0. The lowest BCUT2D eigenvalue weighted by Crippen LogP contribution is -2.19. The summed E-state index contributed by atoms with van der Waals surface area (Å²) in [5, 5.41) is 8.53. The van der Waals surface area contributed by atoms with E-state index in [0.29, 0.717) is 6.73 Å². The minimum Gasteiger partial charge on any atom is -0.394 e. The molecule has 48 valence electrons. The quantitative estimate of drug-likeness (QED) is 0.491. The first-order chi connectivity index (χ1) is 3.83. The molecule has 1 fully saturated rings. The van der Waals surface area contributed by atoms with Crippen LogP contribution in [0.2, 0.25) is 0 Å². The number of aliphatic hydroxyl groups is 1. The average molecular weight is 117 g/mol. The fraction of sp³-hybridized carbons (Fsp3) is 1.00. The van der Waals surface area contributed by atoms with Gasteiger partial charge in [-0.2, -0.15) is 0 Å². The molecule has 0 spiro atoms. The Kier molecular flexibility index (Phi) is 1.83. The lowest BCUT2D eigenvalue weighted by Gasteiger charge is -2.01. The molecule has 1 aliphatic rings. The van der Waals surface area contributed by atoms with E-state index in [1.165, 1.54) is 0 Å². The Morgan fingerprint density at radius 2 is 2.62 bits per heavy atom. The standard InChI is InChI=1S/C5H11NO2/c1-6-2-5(3-7)8-4-6/h5,7H,2-4H2,1H3. The normalized spacial score (nSPS) is 31.5. The maximum Gasteiger partial charge on any atom is 0.0994 e. The average Bonchev–Trinajstić information content (AvgIpc) is 2.14. The maximum atomic E-state index is 8.53. The third kappa shape index (κ3) is 1.18. The fourth-order valence-corrected chi connectivity index (χ4v) is 0.796. The fourth-order valence-electron chi connectivity index (χ4n) is 0.796. The first kappa shape index (κ1) is 6.01. The smallest absolute Gasteiger partial charge is 0.0994 e. The molecule has 0 aromatic rings. The molecule has 1 rings (SSSR count). The molecule has 0 aromatic heterocycles. The van der Waals surface area contributed by atoms with E-state index in [2.05, 4.69) is 0 Å². The van der Waals surface area contributed by atoms with Crippen LogP contribution in [0.4, 0.5) is 0 Å². The van der Waals surface area contributed by atoms with Crippen molar-refractivity contribution in [1.29, 1.82) is 0 Å². The van der Waals surface area contributed by atoms with Gasteiger partial charge >= 0.3 is 0 Å². The summed E-state index contributed by atoms with van der Waals surface area (Å²) in [6.45, 7) is 1.66. The van der Waals surface area contributed by atoms with E-state index in [0.717, 1.165) is 6.54 Å². The van der Waals surface area contributed by atoms with E-state index in [1.54, 1.807) is 0 Å². The molecule has 1 N–H and O–H groups in total. The third-order valence-electron chi connectivity index (χ3n) is 1.25.